The van der Waals surface area contributed by atoms with Crippen LogP contribution < -0.4 is 11.5 Å². The number of hydrogen-bond donors (Lipinski definition) is 2. The van der Waals surface area contributed by atoms with Gasteiger partial charge in [-0.05, 0) is 17.7 Å². The molecule has 0 aliphatic carbocycles. The SMILES string of the molecule is NC(=O)c1cc(Cl)c(-c2ccccc2)c(C(N)=O)c1. The van der Waals surface area contributed by atoms with E-state index in [0.29, 0.717) is 5.56 Å². The third-order valence-electron chi connectivity index (χ3n) is 2.70. The molecule has 0 radical (unpaired) electrons. The maximum Gasteiger partial charge on any atom is 0.249 e. The molecule has 2 aromatic rings. The van der Waals surface area contributed by atoms with Gasteiger partial charge in [-0.1, -0.05) is 41.9 Å². The average molecular weight is 275 g/mol. The van der Waals surface area contributed by atoms with Gasteiger partial charge in [0.25, 0.3) is 0 Å². The first kappa shape index (κ1) is 13.1. The molecule has 0 aliphatic heterocycles. The molecule has 2 rings (SSSR count). The lowest BCUT2D eigenvalue weighted by Gasteiger charge is -2.11. The van der Waals surface area contributed by atoms with Crippen molar-refractivity contribution in [2.24, 2.45) is 11.5 Å². The molecular weight excluding hydrogens is 264 g/mol. The monoisotopic (exact) mass is 274 g/mol. The second-order valence-electron chi connectivity index (χ2n) is 3.98. The third kappa shape index (κ3) is 2.58. The minimum absolute atomic E-state index is 0.151. The average Bonchev–Trinajstić information content (AvgIpc) is 2.38. The smallest absolute Gasteiger partial charge is 0.249 e. The van der Waals surface area contributed by atoms with Crippen LogP contribution in [0.15, 0.2) is 42.5 Å². The molecular formula is C14H11ClN2O2. The van der Waals surface area contributed by atoms with E-state index in [9.17, 15) is 9.59 Å². The normalized spacial score (nSPS) is 10.2. The Balaban J connectivity index is 2.73. The molecule has 0 unspecified atom stereocenters. The topological polar surface area (TPSA) is 86.2 Å². The van der Waals surface area contributed by atoms with Crippen molar-refractivity contribution in [2.75, 3.05) is 0 Å². The van der Waals surface area contributed by atoms with Crippen molar-refractivity contribution in [2.45, 2.75) is 0 Å². The van der Waals surface area contributed by atoms with Crippen molar-refractivity contribution < 1.29 is 9.59 Å². The Morgan fingerprint density at radius 2 is 1.58 bits per heavy atom. The van der Waals surface area contributed by atoms with Crippen LogP contribution in [0.1, 0.15) is 20.7 Å². The molecule has 96 valence electrons. The fourth-order valence-electron chi connectivity index (χ4n) is 1.84. The Kier molecular flexibility index (Phi) is 3.53. The summed E-state index contributed by atoms with van der Waals surface area (Å²) in [5.74, 6) is -1.33. The van der Waals surface area contributed by atoms with E-state index in [1.807, 2.05) is 18.2 Å². The minimum Gasteiger partial charge on any atom is -0.366 e. The Hall–Kier alpha value is -2.33. The fraction of sp³-hybridized carbons (Fsp3) is 0. The van der Waals surface area contributed by atoms with Gasteiger partial charge in [0.2, 0.25) is 11.8 Å². The van der Waals surface area contributed by atoms with Crippen LogP contribution >= 0.6 is 11.6 Å². The molecule has 0 heterocycles. The van der Waals surface area contributed by atoms with Gasteiger partial charge in [-0.25, -0.2) is 0 Å². The first-order valence-corrected chi connectivity index (χ1v) is 5.87. The van der Waals surface area contributed by atoms with Crippen molar-refractivity contribution in [3.8, 4) is 11.1 Å². The van der Waals surface area contributed by atoms with E-state index in [2.05, 4.69) is 0 Å². The molecule has 0 atom stereocenters. The maximum absolute atomic E-state index is 11.5. The molecule has 2 aromatic carbocycles. The van der Waals surface area contributed by atoms with Crippen LogP contribution in [0.4, 0.5) is 0 Å². The molecule has 0 aromatic heterocycles. The first-order chi connectivity index (χ1) is 9.00. The Bertz CT molecular complexity index is 654. The van der Waals surface area contributed by atoms with E-state index < -0.39 is 11.8 Å². The zero-order chi connectivity index (χ0) is 14.0. The predicted octanol–water partition coefficient (Wildman–Crippen LogP) is 2.20. The second-order valence-corrected chi connectivity index (χ2v) is 4.38. The molecule has 0 fully saturated rings. The highest BCUT2D eigenvalue weighted by Gasteiger charge is 2.17. The molecule has 4 N–H and O–H groups in total. The standard InChI is InChI=1S/C14H11ClN2O2/c15-11-7-9(13(16)18)6-10(14(17)19)12(11)8-4-2-1-3-5-8/h1-7H,(H2,16,18)(H2,17,19). The van der Waals surface area contributed by atoms with Gasteiger partial charge in [-0.15, -0.1) is 0 Å². The van der Waals surface area contributed by atoms with Crippen molar-refractivity contribution in [3.05, 3.63) is 58.6 Å². The number of halogens is 1. The van der Waals surface area contributed by atoms with E-state index >= 15 is 0 Å². The van der Waals surface area contributed by atoms with E-state index in [-0.39, 0.29) is 16.1 Å². The molecule has 19 heavy (non-hydrogen) atoms. The second kappa shape index (κ2) is 5.12. The highest BCUT2D eigenvalue weighted by atomic mass is 35.5. The summed E-state index contributed by atoms with van der Waals surface area (Å²) in [4.78, 5) is 22.7. The van der Waals surface area contributed by atoms with Crippen LogP contribution in [0.25, 0.3) is 11.1 Å². The Labute approximate surface area is 115 Å². The van der Waals surface area contributed by atoms with Gasteiger partial charge >= 0.3 is 0 Å². The summed E-state index contributed by atoms with van der Waals surface area (Å²) in [5, 5.41) is 0.260. The highest BCUT2D eigenvalue weighted by molar-refractivity contribution is 6.34. The summed E-state index contributed by atoms with van der Waals surface area (Å²) in [6, 6.07) is 11.9. The molecule has 2 amide bonds. The largest absolute Gasteiger partial charge is 0.366 e. The molecule has 0 bridgehead atoms. The van der Waals surface area contributed by atoms with Gasteiger partial charge in [-0.3, -0.25) is 9.59 Å². The first-order valence-electron chi connectivity index (χ1n) is 5.49. The van der Waals surface area contributed by atoms with Gasteiger partial charge in [0.15, 0.2) is 0 Å². The van der Waals surface area contributed by atoms with Crippen LogP contribution in [-0.4, -0.2) is 11.8 Å². The summed E-state index contributed by atoms with van der Waals surface area (Å²) < 4.78 is 0. The molecule has 0 aliphatic rings. The lowest BCUT2D eigenvalue weighted by atomic mass is 9.96. The number of rotatable bonds is 3. The van der Waals surface area contributed by atoms with Crippen molar-refractivity contribution in [1.82, 2.24) is 0 Å². The number of primary amides is 2. The molecule has 0 spiro atoms. The van der Waals surface area contributed by atoms with E-state index in [1.165, 1.54) is 12.1 Å². The summed E-state index contributed by atoms with van der Waals surface area (Å²) in [6.07, 6.45) is 0. The predicted molar refractivity (Wildman–Crippen MR) is 73.9 cm³/mol. The van der Waals surface area contributed by atoms with Gasteiger partial charge < -0.3 is 11.5 Å². The number of hydrogen-bond acceptors (Lipinski definition) is 2. The number of carbonyl (C=O) groups is 2. The summed E-state index contributed by atoms with van der Waals surface area (Å²) in [7, 11) is 0. The van der Waals surface area contributed by atoms with Gasteiger partial charge in [0.1, 0.15) is 0 Å². The number of carbonyl (C=O) groups excluding carboxylic acids is 2. The van der Waals surface area contributed by atoms with Crippen LogP contribution in [0, 0.1) is 0 Å². The Morgan fingerprint density at radius 1 is 0.947 bits per heavy atom. The van der Waals surface area contributed by atoms with Crippen molar-refractivity contribution >= 4 is 23.4 Å². The minimum atomic E-state index is -0.663. The van der Waals surface area contributed by atoms with Crippen molar-refractivity contribution in [1.29, 1.82) is 0 Å². The lowest BCUT2D eigenvalue weighted by molar-refractivity contribution is 0.0999. The van der Waals surface area contributed by atoms with Crippen LogP contribution in [0.3, 0.4) is 0 Å². The van der Waals surface area contributed by atoms with E-state index in [4.69, 9.17) is 23.1 Å². The van der Waals surface area contributed by atoms with Gasteiger partial charge in [0.05, 0.1) is 0 Å². The van der Waals surface area contributed by atoms with Crippen LogP contribution in [0.5, 0.6) is 0 Å². The summed E-state index contributed by atoms with van der Waals surface area (Å²) in [5.41, 5.74) is 12.1. The number of benzene rings is 2. The summed E-state index contributed by atoms with van der Waals surface area (Å²) >= 11 is 6.14. The molecule has 5 heteroatoms. The molecule has 0 saturated carbocycles. The third-order valence-corrected chi connectivity index (χ3v) is 3.00. The zero-order valence-corrected chi connectivity index (χ0v) is 10.6. The highest BCUT2D eigenvalue weighted by Crippen LogP contribution is 2.32. The maximum atomic E-state index is 11.5. The summed E-state index contributed by atoms with van der Waals surface area (Å²) in [6.45, 7) is 0. The Morgan fingerprint density at radius 3 is 2.11 bits per heavy atom. The van der Waals surface area contributed by atoms with Gasteiger partial charge in [0, 0.05) is 21.7 Å². The molecule has 4 nitrogen and oxygen atoms in total. The molecule has 0 saturated heterocycles. The van der Waals surface area contributed by atoms with Crippen molar-refractivity contribution in [3.63, 3.8) is 0 Å². The van der Waals surface area contributed by atoms with Gasteiger partial charge in [-0.2, -0.15) is 0 Å². The quantitative estimate of drug-likeness (QED) is 0.899. The van der Waals surface area contributed by atoms with E-state index in [1.54, 1.807) is 12.1 Å². The van der Waals surface area contributed by atoms with Crippen LogP contribution in [0.2, 0.25) is 5.02 Å². The lowest BCUT2D eigenvalue weighted by Crippen LogP contribution is -2.16. The van der Waals surface area contributed by atoms with E-state index in [0.717, 1.165) is 5.56 Å². The number of amides is 2. The number of nitrogens with two attached hydrogens (primary N) is 2. The van der Waals surface area contributed by atoms with Crippen LogP contribution in [-0.2, 0) is 0 Å². The zero-order valence-electron chi connectivity index (χ0n) is 9.89. The fourth-order valence-corrected chi connectivity index (χ4v) is 2.17.